The summed E-state index contributed by atoms with van der Waals surface area (Å²) in [6.45, 7) is 17.6. The van der Waals surface area contributed by atoms with Gasteiger partial charge in [0, 0.05) is 91.0 Å². The lowest BCUT2D eigenvalue weighted by atomic mass is 9.33. The van der Waals surface area contributed by atoms with Crippen LogP contribution in [0.2, 0.25) is 0 Å². The monoisotopic (exact) mass is 1370 g/mol. The van der Waals surface area contributed by atoms with Gasteiger partial charge in [-0.15, -0.1) is 0 Å². The second-order valence-electron chi connectivity index (χ2n) is 27.0. The van der Waals surface area contributed by atoms with Gasteiger partial charge in [0.25, 0.3) is 13.4 Å². The lowest BCUT2D eigenvalue weighted by Gasteiger charge is -2.45. The maximum atomic E-state index is 9.80. The highest BCUT2D eigenvalue weighted by Crippen LogP contribution is 2.51. The summed E-state index contributed by atoms with van der Waals surface area (Å²) in [6.07, 6.45) is 0. The second kappa shape index (κ2) is 26.1. The molecule has 0 saturated carbocycles. The van der Waals surface area contributed by atoms with Crippen LogP contribution in [0.25, 0.3) is 0 Å². The molecule has 0 amide bonds. The predicted molar refractivity (Wildman–Crippen MR) is 447 cm³/mol. The molecule has 4 aliphatic heterocycles. The maximum Gasteiger partial charge on any atom is 0.252 e. The molecule has 0 N–H and O–H groups in total. The van der Waals surface area contributed by atoms with E-state index >= 15 is 0 Å². The van der Waals surface area contributed by atoms with Crippen molar-refractivity contribution in [2.75, 3.05) is 29.4 Å². The number of fused-ring (bicyclic) bond motifs is 8. The van der Waals surface area contributed by atoms with Crippen molar-refractivity contribution >= 4 is 149 Å². The van der Waals surface area contributed by atoms with Crippen molar-refractivity contribution in [2.24, 2.45) is 0 Å². The van der Waals surface area contributed by atoms with Crippen molar-refractivity contribution in [1.29, 1.82) is 0 Å². The molecule has 504 valence electrons. The second-order valence-corrected chi connectivity index (χ2v) is 27.0. The van der Waals surface area contributed by atoms with E-state index in [-0.39, 0.29) is 127 Å². The topological polar surface area (TPSA) is 19.4 Å². The van der Waals surface area contributed by atoms with Gasteiger partial charge in [-0.3, -0.25) is 0 Å². The molecule has 6 nitrogen and oxygen atoms in total. The summed E-state index contributed by atoms with van der Waals surface area (Å²) in [5.74, 6) is 0. The Hall–Kier alpha value is -12.0. The molecule has 0 fully saturated rings. The van der Waals surface area contributed by atoms with Crippen molar-refractivity contribution in [3.63, 3.8) is 0 Å². The van der Waals surface area contributed by atoms with Crippen LogP contribution < -0.4 is 62.2 Å². The van der Waals surface area contributed by atoms with E-state index in [0.29, 0.717) is 33.4 Å². The quantitative estimate of drug-likeness (QED) is 0.126. The normalized spacial score (nSPS) is 16.5. The van der Waals surface area contributed by atoms with E-state index in [2.05, 4.69) is 79.4 Å². The van der Waals surface area contributed by atoms with E-state index in [0.717, 1.165) is 82.2 Å². The minimum absolute atomic E-state index is 0.00965. The molecule has 0 radical (unpaired) electrons. The highest BCUT2D eigenvalue weighted by Gasteiger charge is 2.46. The minimum Gasteiger partial charge on any atom is -0.311 e. The zero-order chi connectivity index (χ0) is 95.7. The van der Waals surface area contributed by atoms with Crippen LogP contribution in [-0.4, -0.2) is 13.4 Å². The van der Waals surface area contributed by atoms with Crippen molar-refractivity contribution in [3.8, 4) is 0 Å². The summed E-state index contributed by atoms with van der Waals surface area (Å²) in [4.78, 5) is 9.40. The first-order valence-electron chi connectivity index (χ1n) is 48.4. The van der Waals surface area contributed by atoms with Gasteiger partial charge in [-0.05, 0) is 261 Å². The lowest BCUT2D eigenvalue weighted by molar-refractivity contribution is 1.22. The molecule has 0 unspecified atom stereocenters. The van der Waals surface area contributed by atoms with Gasteiger partial charge in [0.2, 0.25) is 0 Å². The number of hydrogen-bond acceptors (Lipinski definition) is 6. The Morgan fingerprint density at radius 2 is 0.442 bits per heavy atom. The number of hydrogen-bond donors (Lipinski definition) is 0. The van der Waals surface area contributed by atoms with Gasteiger partial charge < -0.3 is 29.4 Å². The van der Waals surface area contributed by atoms with Crippen LogP contribution in [0.3, 0.4) is 0 Å². The molecular weight excluding hydrogens is 1260 g/mol. The van der Waals surface area contributed by atoms with Gasteiger partial charge in [0.15, 0.2) is 0 Å². The molecule has 4 heterocycles. The summed E-state index contributed by atoms with van der Waals surface area (Å²) in [6, 6.07) is 27.1. The molecule has 4 aliphatic rings. The fraction of sp³-hybridized carbons (Fsp3) is 0.125. The van der Waals surface area contributed by atoms with Gasteiger partial charge in [0.1, 0.15) is 0 Å². The number of nitrogens with zero attached hydrogens (tertiary/aromatic N) is 6. The molecular formula is C96H84B2N6. The lowest BCUT2D eigenvalue weighted by Crippen LogP contribution is -2.61. The molecule has 8 heteroatoms. The SMILES string of the molecule is [2H]c1c([2H])c(N(c2cc3c4c(c2)N(c2c([2H])c([2H])c(C)c([2H])c2[2H])c2c([2H])c([2H])c(C)c([2H])c2B4c2c([2H])c(C)c([2H])c([2H])c2N3c2c([2H])c([2H])c(C)c([2H])c2[2H])c2c([2H])c([2H])c(C)c([2H])c2[2H])c([2H])c([2H])c1C.[2H]c1c([2H])c2c(c([2H])c1C)B1c3c(cc(N(c4ccc(C)cc4)c4ccc(C)cc4)cc3N(c3ccc(C)cc3)c3c([2H])c([2H])c(C)c([2H])c31)N2c1ccc(C)cc1. The summed E-state index contributed by atoms with van der Waals surface area (Å²) < 4.78 is 262. The van der Waals surface area contributed by atoms with Crippen LogP contribution in [0.5, 0.6) is 0 Å². The van der Waals surface area contributed by atoms with Crippen LogP contribution in [0.15, 0.2) is 291 Å². The maximum absolute atomic E-state index is 9.80. The molecule has 0 saturated heterocycles. The average Bonchev–Trinajstić information content (AvgIpc) is 0.678. The van der Waals surface area contributed by atoms with Crippen LogP contribution in [0.1, 0.15) is 105 Å². The Kier molecular flexibility index (Phi) is 10.3. The van der Waals surface area contributed by atoms with Crippen LogP contribution >= 0.6 is 0 Å². The van der Waals surface area contributed by atoms with E-state index in [1.165, 1.54) is 53.7 Å². The number of rotatable bonds is 10. The Morgan fingerprint density at radius 3 is 0.721 bits per heavy atom. The number of anilines is 18. The first-order valence-corrected chi connectivity index (χ1v) is 34.4. The minimum atomic E-state index is -1.50. The van der Waals surface area contributed by atoms with E-state index in [9.17, 15) is 24.7 Å². The molecule has 18 rings (SSSR count). The Balaban J connectivity index is 0.000000190. The highest BCUT2D eigenvalue weighted by molar-refractivity contribution is 7.01. The van der Waals surface area contributed by atoms with Crippen LogP contribution in [0.4, 0.5) is 102 Å². The van der Waals surface area contributed by atoms with Gasteiger partial charge in [-0.2, -0.15) is 0 Å². The van der Waals surface area contributed by atoms with Crippen molar-refractivity contribution < 1.29 is 38.4 Å². The summed E-state index contributed by atoms with van der Waals surface area (Å²) in [5.41, 5.74) is 8.90. The Morgan fingerprint density at radius 1 is 0.212 bits per heavy atom. The molecule has 104 heavy (non-hydrogen) atoms. The molecule has 14 aromatic carbocycles. The standard InChI is InChI=1S/2C48H42BN3/c2*1-31-7-17-37(18-8-31)50(38-19-9-32(2)10-20-38)41-29-46-48-47(30-41)52(40-23-13-34(4)14-24-40)45-26-16-36(6)28-43(45)49(48)42-27-35(5)15-25-44(42)51(46)39-21-11-33(3)12-22-39/h2*7-30H,1-6H3/i7D,8D,9D,10D,11D,12D,13D,14D,15D,16D,17D,18D,19D,20D,21D,22D,23D,24D,25D,26D,27D,28D;15D,16D,25D,26D,27D,28D. The predicted octanol–water partition coefficient (Wildman–Crippen LogP) is 22.2. The molecule has 0 aliphatic carbocycles. The molecule has 0 spiro atoms. The number of benzene rings is 14. The van der Waals surface area contributed by atoms with E-state index < -0.39 is 157 Å². The van der Waals surface area contributed by atoms with Crippen molar-refractivity contribution in [3.05, 3.63) is 357 Å². The third-order valence-electron chi connectivity index (χ3n) is 19.1. The smallest absolute Gasteiger partial charge is 0.252 e. The third kappa shape index (κ3) is 11.6. The van der Waals surface area contributed by atoms with Gasteiger partial charge in [0.05, 0.1) is 49.8 Å². The van der Waals surface area contributed by atoms with E-state index in [4.69, 9.17) is 13.7 Å². The van der Waals surface area contributed by atoms with Crippen molar-refractivity contribution in [2.45, 2.75) is 83.1 Å². The average molecular weight is 1370 g/mol. The fourth-order valence-corrected chi connectivity index (χ4v) is 14.3. The summed E-state index contributed by atoms with van der Waals surface area (Å²) >= 11 is 0. The van der Waals surface area contributed by atoms with Crippen molar-refractivity contribution in [1.82, 2.24) is 0 Å². The largest absolute Gasteiger partial charge is 0.311 e. The van der Waals surface area contributed by atoms with Gasteiger partial charge >= 0.3 is 0 Å². The third-order valence-corrected chi connectivity index (χ3v) is 19.1. The molecule has 0 atom stereocenters. The summed E-state index contributed by atoms with van der Waals surface area (Å²) in [7, 11) is 0. The molecule has 14 aromatic rings. The molecule has 0 bridgehead atoms. The fourth-order valence-electron chi connectivity index (χ4n) is 14.3. The zero-order valence-electron chi connectivity index (χ0n) is 87.4. The summed E-state index contributed by atoms with van der Waals surface area (Å²) in [5, 5.41) is 0. The Labute approximate surface area is 654 Å². The Bertz CT molecular complexity index is 6900. The van der Waals surface area contributed by atoms with E-state index in [1.807, 2.05) is 72.2 Å². The first-order chi connectivity index (χ1) is 62.2. The van der Waals surface area contributed by atoms with Crippen LogP contribution in [0, 0.1) is 83.1 Å². The highest BCUT2D eigenvalue weighted by atomic mass is 15.2. The first kappa shape index (κ1) is 41.2. The zero-order valence-corrected chi connectivity index (χ0v) is 59.4. The van der Waals surface area contributed by atoms with Crippen LogP contribution in [-0.2, 0) is 0 Å². The van der Waals surface area contributed by atoms with E-state index in [1.54, 1.807) is 13.8 Å². The molecule has 0 aromatic heterocycles. The van der Waals surface area contributed by atoms with Gasteiger partial charge in [-0.1, -0.05) is 212 Å². The number of aryl methyl sites for hydroxylation is 4. The van der Waals surface area contributed by atoms with Gasteiger partial charge in [-0.25, -0.2) is 0 Å².